The van der Waals surface area contributed by atoms with Gasteiger partial charge in [-0.15, -0.1) is 11.3 Å². The molecule has 0 unspecified atom stereocenters. The van der Waals surface area contributed by atoms with E-state index in [1.165, 1.54) is 16.8 Å². The molecular formula is C19H22N4OS. The molecule has 130 valence electrons. The Morgan fingerprint density at radius 2 is 1.76 bits per heavy atom. The first kappa shape index (κ1) is 17.4. The number of rotatable bonds is 4. The maximum absolute atomic E-state index is 12.4. The number of thiophene rings is 1. The van der Waals surface area contributed by atoms with Gasteiger partial charge in [-0.1, -0.05) is 17.7 Å². The lowest BCUT2D eigenvalue weighted by molar-refractivity contribution is -0.114. The van der Waals surface area contributed by atoms with Crippen LogP contribution in [0.15, 0.2) is 18.5 Å². The van der Waals surface area contributed by atoms with Crippen molar-refractivity contribution >= 4 is 39.0 Å². The van der Waals surface area contributed by atoms with Gasteiger partial charge in [-0.05, 0) is 51.3 Å². The zero-order valence-electron chi connectivity index (χ0n) is 15.2. The number of anilines is 2. The number of carbonyl (C=O) groups excluding carboxylic acids is 1. The Bertz CT molecular complexity index is 938. The van der Waals surface area contributed by atoms with Crippen LogP contribution in [-0.4, -0.2) is 22.4 Å². The summed E-state index contributed by atoms with van der Waals surface area (Å²) in [7, 11) is 0. The quantitative estimate of drug-likeness (QED) is 0.734. The lowest BCUT2D eigenvalue weighted by Crippen LogP contribution is -2.23. The number of hydrogen-bond donors (Lipinski definition) is 2. The summed E-state index contributed by atoms with van der Waals surface area (Å²) >= 11 is 1.64. The summed E-state index contributed by atoms with van der Waals surface area (Å²) in [4.78, 5) is 23.2. The van der Waals surface area contributed by atoms with Crippen molar-refractivity contribution in [3.63, 3.8) is 0 Å². The van der Waals surface area contributed by atoms with E-state index in [1.54, 1.807) is 11.3 Å². The molecule has 0 aliphatic carbocycles. The molecule has 0 bridgehead atoms. The molecule has 0 aliphatic heterocycles. The molecule has 6 heteroatoms. The van der Waals surface area contributed by atoms with Crippen LogP contribution in [0.5, 0.6) is 0 Å². The Balaban J connectivity index is 1.76. The van der Waals surface area contributed by atoms with Gasteiger partial charge in [-0.2, -0.15) is 0 Å². The van der Waals surface area contributed by atoms with Crippen molar-refractivity contribution in [2.24, 2.45) is 0 Å². The zero-order chi connectivity index (χ0) is 18.1. The van der Waals surface area contributed by atoms with Gasteiger partial charge in [0.25, 0.3) is 0 Å². The third-order valence-electron chi connectivity index (χ3n) is 4.32. The molecule has 0 saturated carbocycles. The van der Waals surface area contributed by atoms with Gasteiger partial charge in [0.05, 0.1) is 11.9 Å². The van der Waals surface area contributed by atoms with Crippen molar-refractivity contribution in [1.29, 1.82) is 0 Å². The summed E-state index contributed by atoms with van der Waals surface area (Å²) in [6, 6.07) is 4.14. The SMILES string of the molecule is Cc1cc(C)c(NC(=O)CNc2ncnc3sc(C)c(C)c23)c(C)c1. The van der Waals surface area contributed by atoms with E-state index < -0.39 is 0 Å². The van der Waals surface area contributed by atoms with E-state index in [-0.39, 0.29) is 12.5 Å². The van der Waals surface area contributed by atoms with Crippen LogP contribution >= 0.6 is 11.3 Å². The van der Waals surface area contributed by atoms with E-state index >= 15 is 0 Å². The number of hydrogen-bond acceptors (Lipinski definition) is 5. The minimum absolute atomic E-state index is 0.0913. The molecule has 0 fully saturated rings. The van der Waals surface area contributed by atoms with Gasteiger partial charge in [-0.25, -0.2) is 9.97 Å². The topological polar surface area (TPSA) is 66.9 Å². The second-order valence-corrected chi connectivity index (χ2v) is 7.56. The van der Waals surface area contributed by atoms with Crippen LogP contribution in [-0.2, 0) is 4.79 Å². The van der Waals surface area contributed by atoms with Crippen molar-refractivity contribution < 1.29 is 4.79 Å². The Hall–Kier alpha value is -2.47. The van der Waals surface area contributed by atoms with Crippen molar-refractivity contribution in [1.82, 2.24) is 9.97 Å². The minimum atomic E-state index is -0.0913. The summed E-state index contributed by atoms with van der Waals surface area (Å²) in [5.41, 5.74) is 5.37. The number of aryl methyl sites for hydroxylation is 5. The molecule has 0 saturated heterocycles. The zero-order valence-corrected chi connectivity index (χ0v) is 16.0. The second kappa shape index (κ2) is 6.80. The van der Waals surface area contributed by atoms with E-state index in [0.717, 1.165) is 32.6 Å². The monoisotopic (exact) mass is 354 g/mol. The maximum atomic E-state index is 12.4. The number of amides is 1. The first-order chi connectivity index (χ1) is 11.9. The normalized spacial score (nSPS) is 10.9. The number of carbonyl (C=O) groups is 1. The predicted molar refractivity (Wildman–Crippen MR) is 105 cm³/mol. The average molecular weight is 354 g/mol. The van der Waals surface area contributed by atoms with Gasteiger partial charge in [0, 0.05) is 10.6 Å². The molecule has 0 radical (unpaired) electrons. The fourth-order valence-electron chi connectivity index (χ4n) is 3.04. The number of nitrogens with one attached hydrogen (secondary N) is 2. The van der Waals surface area contributed by atoms with Gasteiger partial charge in [0.15, 0.2) is 0 Å². The van der Waals surface area contributed by atoms with E-state index in [4.69, 9.17) is 0 Å². The van der Waals surface area contributed by atoms with Gasteiger partial charge < -0.3 is 10.6 Å². The van der Waals surface area contributed by atoms with Crippen LogP contribution in [0, 0.1) is 34.6 Å². The molecule has 1 aromatic carbocycles. The molecule has 0 aliphatic rings. The van der Waals surface area contributed by atoms with Gasteiger partial charge >= 0.3 is 0 Å². The number of benzene rings is 1. The van der Waals surface area contributed by atoms with Crippen molar-refractivity contribution in [3.8, 4) is 0 Å². The maximum Gasteiger partial charge on any atom is 0.243 e. The molecule has 2 aromatic heterocycles. The van der Waals surface area contributed by atoms with Crippen LogP contribution in [0.4, 0.5) is 11.5 Å². The summed E-state index contributed by atoms with van der Waals surface area (Å²) in [6.45, 7) is 10.4. The summed E-state index contributed by atoms with van der Waals surface area (Å²) in [6.07, 6.45) is 1.53. The molecule has 0 atom stereocenters. The highest BCUT2D eigenvalue weighted by molar-refractivity contribution is 7.18. The molecule has 3 rings (SSSR count). The van der Waals surface area contributed by atoms with Crippen LogP contribution < -0.4 is 10.6 Å². The van der Waals surface area contributed by atoms with E-state index in [9.17, 15) is 4.79 Å². The molecule has 3 aromatic rings. The highest BCUT2D eigenvalue weighted by Gasteiger charge is 2.13. The molecule has 5 nitrogen and oxygen atoms in total. The van der Waals surface area contributed by atoms with Gasteiger partial charge in [0.2, 0.25) is 5.91 Å². The third-order valence-corrected chi connectivity index (χ3v) is 5.44. The van der Waals surface area contributed by atoms with Crippen molar-refractivity contribution in [2.45, 2.75) is 34.6 Å². The molecule has 2 heterocycles. The number of nitrogens with zero attached hydrogens (tertiary/aromatic N) is 2. The van der Waals surface area contributed by atoms with Crippen LogP contribution in [0.3, 0.4) is 0 Å². The van der Waals surface area contributed by atoms with Gasteiger partial charge in [-0.3, -0.25) is 4.79 Å². The van der Waals surface area contributed by atoms with Crippen molar-refractivity contribution in [3.05, 3.63) is 45.6 Å². The minimum Gasteiger partial charge on any atom is -0.360 e. The smallest absolute Gasteiger partial charge is 0.243 e. The Labute approximate surface area is 151 Å². The fourth-order valence-corrected chi connectivity index (χ4v) is 4.04. The molecular weight excluding hydrogens is 332 g/mol. The summed E-state index contributed by atoms with van der Waals surface area (Å²) < 4.78 is 0. The third kappa shape index (κ3) is 3.49. The average Bonchev–Trinajstić information content (AvgIpc) is 2.84. The van der Waals surface area contributed by atoms with Crippen molar-refractivity contribution in [2.75, 3.05) is 17.2 Å². The molecule has 25 heavy (non-hydrogen) atoms. The molecule has 1 amide bonds. The Kier molecular flexibility index (Phi) is 4.72. The largest absolute Gasteiger partial charge is 0.360 e. The number of fused-ring (bicyclic) bond motifs is 1. The summed E-state index contributed by atoms with van der Waals surface area (Å²) in [5, 5.41) is 7.16. The summed E-state index contributed by atoms with van der Waals surface area (Å²) in [5.74, 6) is 0.616. The predicted octanol–water partition coefficient (Wildman–Crippen LogP) is 4.28. The fraction of sp³-hybridized carbons (Fsp3) is 0.316. The van der Waals surface area contributed by atoms with E-state index in [1.807, 2.05) is 13.8 Å². The Morgan fingerprint density at radius 3 is 2.44 bits per heavy atom. The van der Waals surface area contributed by atoms with E-state index in [2.05, 4.69) is 53.5 Å². The second-order valence-electron chi connectivity index (χ2n) is 6.36. The lowest BCUT2D eigenvalue weighted by atomic mass is 10.1. The Morgan fingerprint density at radius 1 is 1.08 bits per heavy atom. The van der Waals surface area contributed by atoms with Crippen LogP contribution in [0.2, 0.25) is 0 Å². The standard InChI is InChI=1S/C19H22N4OS/c1-10-6-11(2)17(12(3)7-10)23-15(24)8-20-18-16-13(4)14(5)25-19(16)22-9-21-18/h6-7,9H,8H2,1-5H3,(H,23,24)(H,20,21,22). The van der Waals surface area contributed by atoms with Crippen LogP contribution in [0.25, 0.3) is 10.2 Å². The highest BCUT2D eigenvalue weighted by Crippen LogP contribution is 2.32. The lowest BCUT2D eigenvalue weighted by Gasteiger charge is -2.13. The molecule has 2 N–H and O–H groups in total. The van der Waals surface area contributed by atoms with E-state index in [0.29, 0.717) is 5.82 Å². The first-order valence-corrected chi connectivity index (χ1v) is 9.00. The van der Waals surface area contributed by atoms with Crippen LogP contribution in [0.1, 0.15) is 27.1 Å². The molecule has 0 spiro atoms. The number of aromatic nitrogens is 2. The first-order valence-electron chi connectivity index (χ1n) is 8.19. The highest BCUT2D eigenvalue weighted by atomic mass is 32.1. The van der Waals surface area contributed by atoms with Gasteiger partial charge in [0.1, 0.15) is 17.0 Å².